The molecule has 22 heavy (non-hydrogen) atoms. The van der Waals surface area contributed by atoms with Gasteiger partial charge in [0.15, 0.2) is 11.6 Å². The first-order valence-corrected chi connectivity index (χ1v) is 8.08. The van der Waals surface area contributed by atoms with E-state index in [2.05, 4.69) is 47.2 Å². The molecule has 1 N–H and O–H groups in total. The Morgan fingerprint density at radius 3 is 2.91 bits per heavy atom. The summed E-state index contributed by atoms with van der Waals surface area (Å²) in [4.78, 5) is 18.9. The fourth-order valence-electron chi connectivity index (χ4n) is 3.21. The molecule has 0 radical (unpaired) electrons. The summed E-state index contributed by atoms with van der Waals surface area (Å²) in [5.74, 6) is 1.27. The molecule has 0 aliphatic carbocycles. The number of hydrogen-bond acceptors (Lipinski definition) is 5. The lowest BCUT2D eigenvalue weighted by Crippen LogP contribution is -2.48. The van der Waals surface area contributed by atoms with Gasteiger partial charge in [0.05, 0.1) is 13.1 Å². The van der Waals surface area contributed by atoms with Gasteiger partial charge in [-0.1, -0.05) is 6.92 Å². The topological polar surface area (TPSA) is 48.5 Å². The van der Waals surface area contributed by atoms with Crippen LogP contribution >= 0.6 is 0 Å². The van der Waals surface area contributed by atoms with E-state index in [1.807, 2.05) is 12.3 Å². The summed E-state index contributed by atoms with van der Waals surface area (Å²) >= 11 is 0. The maximum Gasteiger partial charge on any atom is 0.156 e. The molecule has 118 valence electrons. The van der Waals surface area contributed by atoms with Crippen molar-refractivity contribution in [3.05, 3.63) is 29.5 Å². The van der Waals surface area contributed by atoms with Crippen molar-refractivity contribution in [2.45, 2.75) is 39.7 Å². The zero-order valence-electron chi connectivity index (χ0n) is 13.6. The van der Waals surface area contributed by atoms with Gasteiger partial charge >= 0.3 is 0 Å². The van der Waals surface area contributed by atoms with E-state index >= 15 is 0 Å². The molecule has 0 amide bonds. The van der Waals surface area contributed by atoms with Gasteiger partial charge in [-0.2, -0.15) is 0 Å². The SMILES string of the molecule is CCCNN1CC2=C(c3cccnc31)N(C(C)C)CC(=O)C2. The minimum absolute atomic E-state index is 0.301. The third-order valence-corrected chi connectivity index (χ3v) is 4.20. The maximum atomic E-state index is 12.1. The van der Waals surface area contributed by atoms with Crippen molar-refractivity contribution in [3.63, 3.8) is 0 Å². The summed E-state index contributed by atoms with van der Waals surface area (Å²) in [6, 6.07) is 4.39. The summed E-state index contributed by atoms with van der Waals surface area (Å²) < 4.78 is 0. The monoisotopic (exact) mass is 300 g/mol. The number of carbonyl (C=O) groups excluding carboxylic acids is 1. The van der Waals surface area contributed by atoms with Gasteiger partial charge in [0.1, 0.15) is 0 Å². The van der Waals surface area contributed by atoms with Gasteiger partial charge in [-0.3, -0.25) is 9.80 Å². The van der Waals surface area contributed by atoms with Crippen LogP contribution in [-0.2, 0) is 4.79 Å². The standard InChI is InChI=1S/C17H24N4O/c1-4-7-19-21-10-13-9-14(22)11-20(12(2)3)16(13)15-6-5-8-18-17(15)21/h5-6,8,12,19H,4,7,9-11H2,1-3H3. The molecule has 1 aromatic heterocycles. The Labute approximate surface area is 132 Å². The normalized spacial score (nSPS) is 17.9. The van der Waals surface area contributed by atoms with E-state index in [1.165, 1.54) is 11.3 Å². The second kappa shape index (κ2) is 6.08. The Balaban J connectivity index is 2.06. The minimum Gasteiger partial charge on any atom is -0.361 e. The molecule has 0 spiro atoms. The predicted molar refractivity (Wildman–Crippen MR) is 88.3 cm³/mol. The molecule has 0 fully saturated rings. The van der Waals surface area contributed by atoms with Crippen LogP contribution in [-0.4, -0.2) is 41.3 Å². The molecular weight excluding hydrogens is 276 g/mol. The third kappa shape index (κ3) is 2.61. The number of fused-ring (bicyclic) bond motifs is 2. The number of pyridine rings is 1. The maximum absolute atomic E-state index is 12.1. The highest BCUT2D eigenvalue weighted by molar-refractivity contribution is 5.93. The largest absolute Gasteiger partial charge is 0.361 e. The van der Waals surface area contributed by atoms with Crippen molar-refractivity contribution < 1.29 is 4.79 Å². The lowest BCUT2D eigenvalue weighted by atomic mass is 9.92. The van der Waals surface area contributed by atoms with Crippen LogP contribution in [0.25, 0.3) is 5.70 Å². The van der Waals surface area contributed by atoms with Crippen LogP contribution in [0.2, 0.25) is 0 Å². The van der Waals surface area contributed by atoms with Crippen molar-refractivity contribution in [3.8, 4) is 0 Å². The number of nitrogens with zero attached hydrogens (tertiary/aromatic N) is 3. The molecule has 5 nitrogen and oxygen atoms in total. The summed E-state index contributed by atoms with van der Waals surface area (Å²) in [6.45, 7) is 8.57. The third-order valence-electron chi connectivity index (χ3n) is 4.20. The number of ketones is 1. The first kappa shape index (κ1) is 15.0. The quantitative estimate of drug-likeness (QED) is 0.924. The highest BCUT2D eigenvalue weighted by Crippen LogP contribution is 2.38. The highest BCUT2D eigenvalue weighted by atomic mass is 16.1. The first-order valence-electron chi connectivity index (χ1n) is 8.08. The number of anilines is 1. The molecule has 0 saturated heterocycles. The van der Waals surface area contributed by atoms with Gasteiger partial charge in [-0.15, -0.1) is 0 Å². The fraction of sp³-hybridized carbons (Fsp3) is 0.529. The van der Waals surface area contributed by atoms with Gasteiger partial charge in [0, 0.05) is 36.5 Å². The van der Waals surface area contributed by atoms with Gasteiger partial charge in [0.25, 0.3) is 0 Å². The zero-order valence-corrected chi connectivity index (χ0v) is 13.6. The van der Waals surface area contributed by atoms with Gasteiger partial charge in [-0.05, 0) is 38.0 Å². The molecule has 0 unspecified atom stereocenters. The van der Waals surface area contributed by atoms with Crippen LogP contribution in [0.4, 0.5) is 5.82 Å². The summed E-state index contributed by atoms with van der Waals surface area (Å²) in [5.41, 5.74) is 6.98. The number of aromatic nitrogens is 1. The first-order chi connectivity index (χ1) is 10.6. The van der Waals surface area contributed by atoms with Crippen molar-refractivity contribution in [1.29, 1.82) is 0 Å². The van der Waals surface area contributed by atoms with E-state index in [9.17, 15) is 4.79 Å². The van der Waals surface area contributed by atoms with E-state index in [4.69, 9.17) is 0 Å². The summed E-state index contributed by atoms with van der Waals surface area (Å²) in [7, 11) is 0. The van der Waals surface area contributed by atoms with Gasteiger partial charge in [0.2, 0.25) is 0 Å². The average molecular weight is 300 g/mol. The molecule has 1 aromatic rings. The second-order valence-corrected chi connectivity index (χ2v) is 6.26. The van der Waals surface area contributed by atoms with Crippen LogP contribution in [0.5, 0.6) is 0 Å². The van der Waals surface area contributed by atoms with Crippen LogP contribution in [0.3, 0.4) is 0 Å². The zero-order chi connectivity index (χ0) is 15.7. The van der Waals surface area contributed by atoms with E-state index in [-0.39, 0.29) is 0 Å². The molecule has 2 aliphatic rings. The number of rotatable bonds is 4. The molecule has 2 aliphatic heterocycles. The van der Waals surface area contributed by atoms with Crippen molar-refractivity contribution in [2.24, 2.45) is 0 Å². The molecule has 0 atom stereocenters. The van der Waals surface area contributed by atoms with Gasteiger partial charge < -0.3 is 4.90 Å². The molecule has 3 heterocycles. The number of nitrogens with one attached hydrogen (secondary N) is 1. The minimum atomic E-state index is 0.301. The van der Waals surface area contributed by atoms with E-state index in [1.54, 1.807) is 0 Å². The Kier molecular flexibility index (Phi) is 4.16. The van der Waals surface area contributed by atoms with E-state index in [0.29, 0.717) is 24.8 Å². The summed E-state index contributed by atoms with van der Waals surface area (Å²) in [6.07, 6.45) is 3.44. The Morgan fingerprint density at radius 1 is 1.36 bits per heavy atom. The lowest BCUT2D eigenvalue weighted by molar-refractivity contribution is -0.119. The van der Waals surface area contributed by atoms with Gasteiger partial charge in [-0.25, -0.2) is 10.4 Å². The molecule has 0 aromatic carbocycles. The Morgan fingerprint density at radius 2 is 2.18 bits per heavy atom. The van der Waals surface area contributed by atoms with Crippen LogP contribution in [0.15, 0.2) is 23.9 Å². The van der Waals surface area contributed by atoms with Crippen LogP contribution in [0, 0.1) is 0 Å². The molecule has 5 heteroatoms. The van der Waals surface area contributed by atoms with Crippen molar-refractivity contribution in [2.75, 3.05) is 24.6 Å². The highest BCUT2D eigenvalue weighted by Gasteiger charge is 2.34. The van der Waals surface area contributed by atoms with Crippen LogP contribution < -0.4 is 10.4 Å². The van der Waals surface area contributed by atoms with E-state index in [0.717, 1.165) is 30.9 Å². The number of carbonyl (C=O) groups is 1. The second-order valence-electron chi connectivity index (χ2n) is 6.26. The number of hydrazine groups is 1. The lowest BCUT2D eigenvalue weighted by Gasteiger charge is -2.42. The summed E-state index contributed by atoms with van der Waals surface area (Å²) in [5, 5.41) is 2.09. The Bertz CT molecular complexity index is 608. The molecule has 3 rings (SSSR count). The van der Waals surface area contributed by atoms with Crippen molar-refractivity contribution >= 4 is 17.3 Å². The number of Topliss-reactive ketones (excluding diaryl/α,β-unsaturated/α-hetero) is 1. The molecule has 0 bridgehead atoms. The fourth-order valence-corrected chi connectivity index (χ4v) is 3.21. The predicted octanol–water partition coefficient (Wildman–Crippen LogP) is 2.21. The Hall–Kier alpha value is -1.88. The number of hydrogen-bond donors (Lipinski definition) is 1. The molecule has 0 saturated carbocycles. The molecular formula is C17H24N4O. The van der Waals surface area contributed by atoms with E-state index < -0.39 is 0 Å². The smallest absolute Gasteiger partial charge is 0.156 e. The average Bonchev–Trinajstić information content (AvgIpc) is 2.51. The van der Waals surface area contributed by atoms with Crippen molar-refractivity contribution in [1.82, 2.24) is 15.3 Å². The van der Waals surface area contributed by atoms with Crippen LogP contribution in [0.1, 0.15) is 39.2 Å².